The van der Waals surface area contributed by atoms with Crippen molar-refractivity contribution in [3.05, 3.63) is 24.3 Å². The largest absolute Gasteiger partial charge is 0.457 e. The van der Waals surface area contributed by atoms with E-state index in [1.165, 1.54) is 64.2 Å². The van der Waals surface area contributed by atoms with Gasteiger partial charge in [0.1, 0.15) is 18.6 Å². The highest BCUT2D eigenvalue weighted by Gasteiger charge is 2.69. The summed E-state index contributed by atoms with van der Waals surface area (Å²) in [6.07, 6.45) is 18.6. The maximum Gasteiger partial charge on any atom is 0.317 e. The van der Waals surface area contributed by atoms with Crippen LogP contribution in [-0.2, 0) is 19.1 Å². The normalized spacial score (nSPS) is 50.4. The fraction of sp³-hybridized carbons (Fsp3) is 0.860. The third kappa shape index (κ3) is 4.42. The third-order valence-corrected chi connectivity index (χ3v) is 17.7. The summed E-state index contributed by atoms with van der Waals surface area (Å²) in [6.45, 7) is 24.2. The lowest BCUT2D eigenvalue weighted by atomic mass is 9.41. The van der Waals surface area contributed by atoms with Crippen LogP contribution in [0.25, 0.3) is 0 Å². The number of rotatable bonds is 4. The van der Waals surface area contributed by atoms with E-state index in [0.717, 1.165) is 61.5 Å². The summed E-state index contributed by atoms with van der Waals surface area (Å²) in [5.74, 6) is 2.58. The smallest absolute Gasteiger partial charge is 0.317 e. The van der Waals surface area contributed by atoms with Gasteiger partial charge in [-0.2, -0.15) is 0 Å². The Kier molecular flexibility index (Phi) is 7.27. The van der Waals surface area contributed by atoms with Crippen LogP contribution in [0.1, 0.15) is 151 Å². The monoisotopic (exact) mass is 644 g/mol. The van der Waals surface area contributed by atoms with Crippen molar-refractivity contribution >= 4 is 11.9 Å². The minimum atomic E-state index is -0.414. The molecule has 8 aliphatic rings. The van der Waals surface area contributed by atoms with Crippen molar-refractivity contribution in [3.63, 3.8) is 0 Å². The Morgan fingerprint density at radius 2 is 0.979 bits per heavy atom. The van der Waals surface area contributed by atoms with Gasteiger partial charge in [0.2, 0.25) is 0 Å². The maximum atomic E-state index is 13.8. The van der Waals surface area contributed by atoms with Crippen LogP contribution >= 0.6 is 0 Å². The molecule has 47 heavy (non-hydrogen) atoms. The van der Waals surface area contributed by atoms with Gasteiger partial charge in [-0.3, -0.25) is 9.59 Å². The second-order valence-corrected chi connectivity index (χ2v) is 20.5. The van der Waals surface area contributed by atoms with Gasteiger partial charge >= 0.3 is 11.9 Å². The minimum Gasteiger partial charge on any atom is -0.457 e. The van der Waals surface area contributed by atoms with Crippen molar-refractivity contribution in [1.29, 1.82) is 0 Å². The van der Waals surface area contributed by atoms with Gasteiger partial charge in [0.15, 0.2) is 0 Å². The summed E-state index contributed by atoms with van der Waals surface area (Å²) >= 11 is 0. The molecular formula is C43H64O4. The van der Waals surface area contributed by atoms with Gasteiger partial charge in [0, 0.05) is 10.8 Å². The standard InChI is InChI=1S/C43H64O4/c1-26-28-11-13-32-40(7)19-9-17-38(3,4)30(40)15-21-42(32,24-28)36(26)46-34(44)23-35(45)47-37-27(2)29-12-14-33-41(8)20-10-18-39(5,6)31(41)16-22-43(33,37)25-29/h28-33,36-37H,1-2,9-25H2,3-8H3/t28-,29-,30-,31-,32+,33+,36-,37-,40-,41-,42-,43-/m1/s1. The first kappa shape index (κ1) is 32.6. The van der Waals surface area contributed by atoms with Crippen LogP contribution in [0.15, 0.2) is 24.3 Å². The quantitative estimate of drug-likeness (QED) is 0.174. The predicted octanol–water partition coefficient (Wildman–Crippen LogP) is 10.4. The van der Waals surface area contributed by atoms with Crippen LogP contribution < -0.4 is 0 Å². The van der Waals surface area contributed by atoms with Crippen LogP contribution in [-0.4, -0.2) is 24.1 Å². The van der Waals surface area contributed by atoms with E-state index >= 15 is 0 Å². The number of ether oxygens (including phenoxy) is 2. The summed E-state index contributed by atoms with van der Waals surface area (Å²) in [4.78, 5) is 27.5. The molecule has 260 valence electrons. The van der Waals surface area contributed by atoms with Crippen LogP contribution in [0.3, 0.4) is 0 Å². The number of carbonyl (C=O) groups is 2. The van der Waals surface area contributed by atoms with E-state index in [9.17, 15) is 9.59 Å². The molecule has 12 atom stereocenters. The summed E-state index contributed by atoms with van der Waals surface area (Å²) in [7, 11) is 0. The second kappa shape index (κ2) is 10.5. The second-order valence-electron chi connectivity index (χ2n) is 20.5. The van der Waals surface area contributed by atoms with Crippen LogP contribution in [0.2, 0.25) is 0 Å². The van der Waals surface area contributed by atoms with Gasteiger partial charge in [-0.1, -0.05) is 67.5 Å². The van der Waals surface area contributed by atoms with Crippen LogP contribution in [0, 0.1) is 68.0 Å². The molecule has 8 fully saturated rings. The summed E-state index contributed by atoms with van der Waals surface area (Å²) < 4.78 is 13.0. The van der Waals surface area contributed by atoms with E-state index in [1.807, 2.05) is 0 Å². The maximum absolute atomic E-state index is 13.8. The zero-order chi connectivity index (χ0) is 33.4. The molecule has 0 heterocycles. The van der Waals surface area contributed by atoms with Crippen molar-refractivity contribution in [1.82, 2.24) is 0 Å². The van der Waals surface area contributed by atoms with E-state index in [-0.39, 0.29) is 40.3 Å². The third-order valence-electron chi connectivity index (χ3n) is 17.7. The number of carbonyl (C=O) groups excluding carboxylic acids is 2. The zero-order valence-electron chi connectivity index (χ0n) is 30.7. The van der Waals surface area contributed by atoms with E-state index in [0.29, 0.717) is 34.5 Å². The molecule has 0 aromatic rings. The molecule has 4 heteroatoms. The van der Waals surface area contributed by atoms with E-state index < -0.39 is 11.9 Å². The molecule has 0 unspecified atom stereocenters. The Balaban J connectivity index is 0.991. The number of esters is 2. The van der Waals surface area contributed by atoms with E-state index in [4.69, 9.17) is 9.47 Å². The van der Waals surface area contributed by atoms with Gasteiger partial charge < -0.3 is 9.47 Å². The van der Waals surface area contributed by atoms with E-state index in [2.05, 4.69) is 54.7 Å². The number of hydrogen-bond acceptors (Lipinski definition) is 4. The molecule has 0 saturated heterocycles. The first-order valence-electron chi connectivity index (χ1n) is 19.8. The van der Waals surface area contributed by atoms with Gasteiger partial charge in [-0.05, 0) is 158 Å². The minimum absolute atomic E-state index is 0.0247. The average molecular weight is 645 g/mol. The molecule has 0 N–H and O–H groups in total. The molecule has 0 aromatic carbocycles. The highest BCUT2D eigenvalue weighted by Crippen LogP contribution is 2.74. The molecule has 0 radical (unpaired) electrons. The van der Waals surface area contributed by atoms with Crippen molar-refractivity contribution in [2.24, 2.45) is 68.0 Å². The highest BCUT2D eigenvalue weighted by molar-refractivity contribution is 5.91. The van der Waals surface area contributed by atoms with Crippen molar-refractivity contribution in [3.8, 4) is 0 Å². The Morgan fingerprint density at radius 1 is 0.574 bits per heavy atom. The summed E-state index contributed by atoms with van der Waals surface area (Å²) in [6, 6.07) is 0. The lowest BCUT2D eigenvalue weighted by Gasteiger charge is -2.64. The molecule has 8 saturated carbocycles. The molecule has 0 amide bonds. The lowest BCUT2D eigenvalue weighted by Crippen LogP contribution is -2.58. The van der Waals surface area contributed by atoms with Crippen LogP contribution in [0.5, 0.6) is 0 Å². The fourth-order valence-corrected chi connectivity index (χ4v) is 16.2. The Morgan fingerprint density at radius 3 is 1.38 bits per heavy atom. The molecule has 4 nitrogen and oxygen atoms in total. The first-order chi connectivity index (χ1) is 22.1. The van der Waals surface area contributed by atoms with Gasteiger partial charge in [0.05, 0.1) is 0 Å². The molecular weight excluding hydrogens is 580 g/mol. The topological polar surface area (TPSA) is 52.6 Å². The summed E-state index contributed by atoms with van der Waals surface area (Å²) in [5.41, 5.74) is 3.46. The highest BCUT2D eigenvalue weighted by atomic mass is 16.6. The predicted molar refractivity (Wildman–Crippen MR) is 186 cm³/mol. The molecule has 4 bridgehead atoms. The lowest BCUT2D eigenvalue weighted by molar-refractivity contribution is -0.191. The van der Waals surface area contributed by atoms with Crippen molar-refractivity contribution < 1.29 is 19.1 Å². The molecule has 8 rings (SSSR count). The van der Waals surface area contributed by atoms with Gasteiger partial charge in [-0.15, -0.1) is 0 Å². The number of fused-ring (bicyclic) bond motifs is 6. The molecule has 0 aromatic heterocycles. The Labute approximate surface area is 285 Å². The van der Waals surface area contributed by atoms with Crippen molar-refractivity contribution in [2.45, 2.75) is 163 Å². The SMILES string of the molecule is C=C1[C@@H]2CC[C@H]3[C@]4(C)CCCC(C)(C)[C@H]4CC[C@]3(C2)[C@@H]1OC(=O)CC(=O)O[C@@H]1C(=C)[C@@H]2CC[C@H]3[C@]4(C)CCCC(C)(C)[C@H]4CC[C@]13C2. The van der Waals surface area contributed by atoms with E-state index in [1.54, 1.807) is 0 Å². The van der Waals surface area contributed by atoms with Gasteiger partial charge in [-0.25, -0.2) is 0 Å². The molecule has 0 aliphatic heterocycles. The Hall–Kier alpha value is -1.58. The van der Waals surface area contributed by atoms with Gasteiger partial charge in [0.25, 0.3) is 0 Å². The van der Waals surface area contributed by atoms with Crippen molar-refractivity contribution in [2.75, 3.05) is 0 Å². The molecule has 2 spiro atoms. The first-order valence-corrected chi connectivity index (χ1v) is 19.8. The fourth-order valence-electron chi connectivity index (χ4n) is 16.2. The zero-order valence-corrected chi connectivity index (χ0v) is 30.7. The number of hydrogen-bond donors (Lipinski definition) is 0. The van der Waals surface area contributed by atoms with Crippen LogP contribution in [0.4, 0.5) is 0 Å². The molecule has 8 aliphatic carbocycles. The summed E-state index contributed by atoms with van der Waals surface area (Å²) in [5, 5.41) is 0. The Bertz CT molecular complexity index is 1270. The average Bonchev–Trinajstić information content (AvgIpc) is 3.29.